The maximum absolute atomic E-state index is 12.3. The minimum absolute atomic E-state index is 0.267. The molecule has 6 heteroatoms. The van der Waals surface area contributed by atoms with Crippen molar-refractivity contribution in [1.82, 2.24) is 9.80 Å². The van der Waals surface area contributed by atoms with E-state index >= 15 is 0 Å². The number of carbonyl (C=O) groups excluding carboxylic acids is 4. The number of hydrogen-bond acceptors (Lipinski definition) is 4. The molecule has 2 aliphatic heterocycles. The first kappa shape index (κ1) is 15.7. The molecule has 0 aromatic heterocycles. The molecule has 2 unspecified atom stereocenters. The first-order valence-electron chi connectivity index (χ1n) is 7.15. The van der Waals surface area contributed by atoms with Crippen LogP contribution in [0.3, 0.4) is 0 Å². The van der Waals surface area contributed by atoms with Gasteiger partial charge in [-0.15, -0.1) is 0 Å². The van der Waals surface area contributed by atoms with Crippen LogP contribution < -0.4 is 0 Å². The Kier molecular flexibility index (Phi) is 3.27. The topological polar surface area (TPSA) is 74.8 Å². The molecule has 0 spiro atoms. The van der Waals surface area contributed by atoms with Gasteiger partial charge in [-0.3, -0.25) is 29.0 Å². The Bertz CT molecular complexity index is 502. The Labute approximate surface area is 124 Å². The van der Waals surface area contributed by atoms with Gasteiger partial charge in [-0.25, -0.2) is 0 Å². The van der Waals surface area contributed by atoms with E-state index in [1.807, 2.05) is 0 Å². The first-order chi connectivity index (χ1) is 9.44. The fraction of sp³-hybridized carbons (Fsp3) is 0.733. The van der Waals surface area contributed by atoms with Crippen LogP contribution in [-0.4, -0.2) is 40.1 Å². The van der Waals surface area contributed by atoms with Crippen LogP contribution in [0.25, 0.3) is 0 Å². The molecule has 0 bridgehead atoms. The van der Waals surface area contributed by atoms with E-state index in [4.69, 9.17) is 0 Å². The van der Waals surface area contributed by atoms with Gasteiger partial charge in [0.15, 0.2) is 0 Å². The number of likely N-dealkylation sites (tertiary alicyclic amines) is 2. The van der Waals surface area contributed by atoms with E-state index in [0.717, 1.165) is 9.80 Å². The predicted octanol–water partition coefficient (Wildman–Crippen LogP) is 1.01. The van der Waals surface area contributed by atoms with Crippen molar-refractivity contribution in [2.45, 2.75) is 41.5 Å². The highest BCUT2D eigenvalue weighted by atomic mass is 16.2. The minimum Gasteiger partial charge on any atom is -0.274 e. The summed E-state index contributed by atoms with van der Waals surface area (Å²) in [6, 6.07) is 0. The minimum atomic E-state index is -0.802. The molecule has 2 saturated heterocycles. The van der Waals surface area contributed by atoms with E-state index in [1.54, 1.807) is 41.5 Å². The summed E-state index contributed by atoms with van der Waals surface area (Å²) in [7, 11) is 0. The van der Waals surface area contributed by atoms with Gasteiger partial charge in [-0.05, 0) is 0 Å². The van der Waals surface area contributed by atoms with Crippen LogP contribution in [0, 0.1) is 22.7 Å². The van der Waals surface area contributed by atoms with Gasteiger partial charge in [0.2, 0.25) is 23.6 Å². The number of amides is 4. The lowest BCUT2D eigenvalue weighted by Crippen LogP contribution is -2.45. The zero-order chi connectivity index (χ0) is 16.3. The largest absolute Gasteiger partial charge is 0.274 e. The second-order valence-corrected chi connectivity index (χ2v) is 7.17. The standard InChI is InChI=1S/C15H22N2O4/c1-8-10(18)16(12(20)14(8,3)4)7-17-11(19)9(2)15(5,6)13(17)21/h8-9H,7H2,1-6H3. The van der Waals surface area contributed by atoms with Crippen LogP contribution in [0.5, 0.6) is 0 Å². The van der Waals surface area contributed by atoms with Gasteiger partial charge in [-0.2, -0.15) is 0 Å². The van der Waals surface area contributed by atoms with Crippen molar-refractivity contribution in [3.05, 3.63) is 0 Å². The highest BCUT2D eigenvalue weighted by Gasteiger charge is 2.55. The number of imide groups is 2. The summed E-state index contributed by atoms with van der Waals surface area (Å²) in [6.45, 7) is 9.95. The summed E-state index contributed by atoms with van der Waals surface area (Å²) in [5.41, 5.74) is -1.60. The third kappa shape index (κ3) is 1.92. The Morgan fingerprint density at radius 1 is 0.762 bits per heavy atom. The molecule has 2 atom stereocenters. The molecule has 0 aromatic carbocycles. The highest BCUT2D eigenvalue weighted by molar-refractivity contribution is 6.10. The van der Waals surface area contributed by atoms with Gasteiger partial charge < -0.3 is 0 Å². The highest BCUT2D eigenvalue weighted by Crippen LogP contribution is 2.40. The zero-order valence-electron chi connectivity index (χ0n) is 13.4. The van der Waals surface area contributed by atoms with Crippen molar-refractivity contribution in [3.63, 3.8) is 0 Å². The van der Waals surface area contributed by atoms with Gasteiger partial charge >= 0.3 is 0 Å². The van der Waals surface area contributed by atoms with Gasteiger partial charge in [-0.1, -0.05) is 41.5 Å². The number of nitrogens with zero attached hydrogens (tertiary/aromatic N) is 2. The Morgan fingerprint density at radius 2 is 1.05 bits per heavy atom. The molecule has 21 heavy (non-hydrogen) atoms. The third-order valence-electron chi connectivity index (χ3n) is 5.31. The van der Waals surface area contributed by atoms with Crippen molar-refractivity contribution >= 4 is 23.6 Å². The van der Waals surface area contributed by atoms with Crippen molar-refractivity contribution < 1.29 is 19.2 Å². The molecular weight excluding hydrogens is 272 g/mol. The van der Waals surface area contributed by atoms with E-state index < -0.39 is 22.7 Å². The smallest absolute Gasteiger partial charge is 0.237 e. The third-order valence-corrected chi connectivity index (χ3v) is 5.31. The lowest BCUT2D eigenvalue weighted by molar-refractivity contribution is -0.150. The fourth-order valence-electron chi connectivity index (χ4n) is 2.76. The van der Waals surface area contributed by atoms with E-state index in [9.17, 15) is 19.2 Å². The van der Waals surface area contributed by atoms with Gasteiger partial charge in [0.25, 0.3) is 0 Å². The van der Waals surface area contributed by atoms with E-state index in [2.05, 4.69) is 0 Å². The number of carbonyl (C=O) groups is 4. The summed E-state index contributed by atoms with van der Waals surface area (Å²) in [5, 5.41) is 0. The molecule has 0 N–H and O–H groups in total. The quantitative estimate of drug-likeness (QED) is 0.712. The summed E-state index contributed by atoms with van der Waals surface area (Å²) in [5.74, 6) is -2.24. The van der Waals surface area contributed by atoms with Gasteiger partial charge in [0, 0.05) is 11.8 Å². The van der Waals surface area contributed by atoms with E-state index in [0.29, 0.717) is 0 Å². The number of rotatable bonds is 2. The lowest BCUT2D eigenvalue weighted by atomic mass is 9.82. The normalized spacial score (nSPS) is 31.5. The molecular formula is C15H22N2O4. The van der Waals surface area contributed by atoms with Crippen LogP contribution in [0.4, 0.5) is 0 Å². The van der Waals surface area contributed by atoms with Gasteiger partial charge in [0.1, 0.15) is 6.67 Å². The van der Waals surface area contributed by atoms with Crippen LogP contribution in [-0.2, 0) is 19.2 Å². The molecule has 2 aliphatic rings. The van der Waals surface area contributed by atoms with E-state index in [1.165, 1.54) is 0 Å². The Hall–Kier alpha value is -1.72. The summed E-state index contributed by atoms with van der Waals surface area (Å²) in [6.07, 6.45) is 0. The van der Waals surface area contributed by atoms with Crippen LogP contribution in [0.2, 0.25) is 0 Å². The SMILES string of the molecule is CC1C(=O)N(CN2C(=O)C(C)C(C)(C)C2=O)C(=O)C1(C)C. The average Bonchev–Trinajstić information content (AvgIpc) is 2.64. The van der Waals surface area contributed by atoms with Crippen LogP contribution in [0.1, 0.15) is 41.5 Å². The number of hydrogen-bond donors (Lipinski definition) is 0. The average molecular weight is 294 g/mol. The zero-order valence-corrected chi connectivity index (χ0v) is 13.4. The molecule has 116 valence electrons. The lowest BCUT2D eigenvalue weighted by Gasteiger charge is -2.24. The molecule has 0 aliphatic carbocycles. The predicted molar refractivity (Wildman–Crippen MR) is 74.5 cm³/mol. The summed E-state index contributed by atoms with van der Waals surface area (Å²) in [4.78, 5) is 51.2. The maximum Gasteiger partial charge on any atom is 0.237 e. The molecule has 2 rings (SSSR count). The molecule has 0 aromatic rings. The fourth-order valence-corrected chi connectivity index (χ4v) is 2.76. The van der Waals surface area contributed by atoms with Crippen LogP contribution in [0.15, 0.2) is 0 Å². The van der Waals surface area contributed by atoms with E-state index in [-0.39, 0.29) is 30.3 Å². The monoisotopic (exact) mass is 294 g/mol. The van der Waals surface area contributed by atoms with Crippen molar-refractivity contribution in [2.75, 3.05) is 6.67 Å². The molecule has 0 radical (unpaired) electrons. The Balaban J connectivity index is 2.28. The van der Waals surface area contributed by atoms with Crippen molar-refractivity contribution in [2.24, 2.45) is 22.7 Å². The Morgan fingerprint density at radius 3 is 1.24 bits per heavy atom. The molecule has 2 heterocycles. The second-order valence-electron chi connectivity index (χ2n) is 7.17. The maximum atomic E-state index is 12.3. The molecule has 6 nitrogen and oxygen atoms in total. The molecule has 4 amide bonds. The summed E-state index contributed by atoms with van der Waals surface area (Å²) >= 11 is 0. The summed E-state index contributed by atoms with van der Waals surface area (Å²) < 4.78 is 0. The second kappa shape index (κ2) is 4.39. The first-order valence-corrected chi connectivity index (χ1v) is 7.15. The van der Waals surface area contributed by atoms with Gasteiger partial charge in [0.05, 0.1) is 10.8 Å². The molecule has 2 fully saturated rings. The molecule has 0 saturated carbocycles. The van der Waals surface area contributed by atoms with Crippen LogP contribution >= 0.6 is 0 Å². The van der Waals surface area contributed by atoms with Crippen molar-refractivity contribution in [1.29, 1.82) is 0 Å². The van der Waals surface area contributed by atoms with Crippen molar-refractivity contribution in [3.8, 4) is 0 Å².